The highest BCUT2D eigenvalue weighted by Gasteiger charge is 2.22. The monoisotopic (exact) mass is 309 g/mol. The van der Waals surface area contributed by atoms with Crippen LogP contribution in [-0.4, -0.2) is 34.3 Å². The lowest BCUT2D eigenvalue weighted by Crippen LogP contribution is -2.12. The average molecular weight is 310 g/mol. The lowest BCUT2D eigenvalue weighted by molar-refractivity contribution is 0.0567. The second-order valence-electron chi connectivity index (χ2n) is 4.56. The van der Waals surface area contributed by atoms with Crippen LogP contribution in [-0.2, 0) is 4.74 Å². The Hall–Kier alpha value is -2.14. The minimum absolute atomic E-state index is 0.138. The fourth-order valence-corrected chi connectivity index (χ4v) is 2.13. The molecule has 2 rings (SSSR count). The summed E-state index contributed by atoms with van der Waals surface area (Å²) in [4.78, 5) is 13.6. The predicted octanol–water partition coefficient (Wildman–Crippen LogP) is 3.46. The zero-order valence-electron chi connectivity index (χ0n) is 12.3. The van der Waals surface area contributed by atoms with Crippen molar-refractivity contribution in [2.45, 2.75) is 0 Å². The first-order valence-electron chi connectivity index (χ1n) is 6.21. The molecular formula is C15H16ClNO4. The second-order valence-corrected chi connectivity index (χ2v) is 4.99. The Bertz CT molecular complexity index is 664. The molecule has 2 aromatic rings. The Morgan fingerprint density at radius 3 is 2.52 bits per heavy atom. The summed E-state index contributed by atoms with van der Waals surface area (Å²) in [6, 6.07) is 6.94. The summed E-state index contributed by atoms with van der Waals surface area (Å²) >= 11 is 6.02. The first-order valence-corrected chi connectivity index (χ1v) is 6.59. The number of rotatable bonds is 4. The molecule has 6 heteroatoms. The molecule has 5 nitrogen and oxygen atoms in total. The number of nitrogens with zero attached hydrogens (tertiary/aromatic N) is 1. The second kappa shape index (κ2) is 6.10. The first kappa shape index (κ1) is 15.3. The third-order valence-electron chi connectivity index (χ3n) is 2.99. The van der Waals surface area contributed by atoms with Crippen molar-refractivity contribution in [3.63, 3.8) is 0 Å². The molecule has 112 valence electrons. The number of benzene rings is 1. The summed E-state index contributed by atoms with van der Waals surface area (Å²) in [6.45, 7) is 0. The number of carbonyl (C=O) groups is 1. The third kappa shape index (κ3) is 2.97. The van der Waals surface area contributed by atoms with Gasteiger partial charge in [0.2, 0.25) is 5.76 Å². The molecular weight excluding hydrogens is 294 g/mol. The van der Waals surface area contributed by atoms with Crippen LogP contribution in [0.5, 0.6) is 5.75 Å². The van der Waals surface area contributed by atoms with Gasteiger partial charge in [0.25, 0.3) is 0 Å². The van der Waals surface area contributed by atoms with Crippen molar-refractivity contribution in [2.75, 3.05) is 33.2 Å². The van der Waals surface area contributed by atoms with Gasteiger partial charge < -0.3 is 18.8 Å². The normalized spacial score (nSPS) is 10.3. The SMILES string of the molecule is COC(=O)c1oc(-c2cc(Cl)ccc2OC)cc1N(C)C. The van der Waals surface area contributed by atoms with Crippen molar-refractivity contribution in [2.24, 2.45) is 0 Å². The molecule has 0 amide bonds. The molecule has 1 aromatic heterocycles. The minimum atomic E-state index is -0.536. The Balaban J connectivity index is 2.60. The van der Waals surface area contributed by atoms with Gasteiger partial charge in [-0.2, -0.15) is 0 Å². The molecule has 0 radical (unpaired) electrons. The number of ether oxygens (including phenoxy) is 2. The molecule has 21 heavy (non-hydrogen) atoms. The fourth-order valence-electron chi connectivity index (χ4n) is 1.96. The standard InChI is InChI=1S/C15H16ClNO4/c1-17(2)11-8-13(21-14(11)15(18)20-4)10-7-9(16)5-6-12(10)19-3/h5-8H,1-4H3. The van der Waals surface area contributed by atoms with E-state index in [4.69, 9.17) is 25.5 Å². The van der Waals surface area contributed by atoms with Crippen molar-refractivity contribution in [1.29, 1.82) is 0 Å². The summed E-state index contributed by atoms with van der Waals surface area (Å²) < 4.78 is 15.7. The van der Waals surface area contributed by atoms with Gasteiger partial charge in [-0.15, -0.1) is 0 Å². The summed E-state index contributed by atoms with van der Waals surface area (Å²) in [5.41, 5.74) is 1.29. The number of halogens is 1. The van der Waals surface area contributed by atoms with Crippen molar-refractivity contribution in [3.05, 3.63) is 35.0 Å². The van der Waals surface area contributed by atoms with Gasteiger partial charge in [-0.25, -0.2) is 4.79 Å². The summed E-state index contributed by atoms with van der Waals surface area (Å²) in [5.74, 6) is 0.693. The van der Waals surface area contributed by atoms with Crippen LogP contribution >= 0.6 is 11.6 Å². The van der Waals surface area contributed by atoms with Crippen LogP contribution < -0.4 is 9.64 Å². The maximum absolute atomic E-state index is 11.8. The van der Waals surface area contributed by atoms with Gasteiger partial charge in [-0.05, 0) is 18.2 Å². The van der Waals surface area contributed by atoms with Crippen LogP contribution in [0.15, 0.2) is 28.7 Å². The molecule has 0 fully saturated rings. The Kier molecular flexibility index (Phi) is 4.43. The van der Waals surface area contributed by atoms with Crippen molar-refractivity contribution in [3.8, 4) is 17.1 Å². The molecule has 0 spiro atoms. The van der Waals surface area contributed by atoms with E-state index in [9.17, 15) is 4.79 Å². The summed E-state index contributed by atoms with van der Waals surface area (Å²) in [5, 5.41) is 0.549. The van der Waals surface area contributed by atoms with Gasteiger partial charge in [-0.3, -0.25) is 0 Å². The quantitative estimate of drug-likeness (QED) is 0.810. The number of hydrogen-bond donors (Lipinski definition) is 0. The Morgan fingerprint density at radius 2 is 1.95 bits per heavy atom. The highest BCUT2D eigenvalue weighted by molar-refractivity contribution is 6.31. The third-order valence-corrected chi connectivity index (χ3v) is 3.23. The molecule has 0 atom stereocenters. The molecule has 1 heterocycles. The zero-order valence-corrected chi connectivity index (χ0v) is 13.0. The molecule has 0 N–H and O–H groups in total. The lowest BCUT2D eigenvalue weighted by Gasteiger charge is -2.09. The number of furan rings is 1. The van der Waals surface area contributed by atoms with Gasteiger partial charge in [-0.1, -0.05) is 11.6 Å². The highest BCUT2D eigenvalue weighted by Crippen LogP contribution is 2.37. The fraction of sp³-hybridized carbons (Fsp3) is 0.267. The molecule has 0 aliphatic carbocycles. The number of methoxy groups -OCH3 is 2. The van der Waals surface area contributed by atoms with Crippen LogP contribution in [0.1, 0.15) is 10.6 Å². The van der Waals surface area contributed by atoms with E-state index in [0.29, 0.717) is 27.8 Å². The molecule has 0 aliphatic heterocycles. The average Bonchev–Trinajstić information content (AvgIpc) is 2.91. The zero-order chi connectivity index (χ0) is 15.6. The number of carbonyl (C=O) groups excluding carboxylic acids is 1. The van der Waals surface area contributed by atoms with E-state index in [2.05, 4.69) is 0 Å². The molecule has 0 bridgehead atoms. The van der Waals surface area contributed by atoms with Gasteiger partial charge >= 0.3 is 5.97 Å². The van der Waals surface area contributed by atoms with Crippen molar-refractivity contribution >= 4 is 23.3 Å². The molecule has 0 unspecified atom stereocenters. The van der Waals surface area contributed by atoms with E-state index < -0.39 is 5.97 Å². The highest BCUT2D eigenvalue weighted by atomic mass is 35.5. The Morgan fingerprint density at radius 1 is 1.24 bits per heavy atom. The minimum Gasteiger partial charge on any atom is -0.496 e. The van der Waals surface area contributed by atoms with Gasteiger partial charge in [0.1, 0.15) is 11.5 Å². The van der Waals surface area contributed by atoms with Gasteiger partial charge in [0.15, 0.2) is 0 Å². The van der Waals surface area contributed by atoms with Crippen LogP contribution in [0.25, 0.3) is 11.3 Å². The van der Waals surface area contributed by atoms with Crippen molar-refractivity contribution < 1.29 is 18.7 Å². The van der Waals surface area contributed by atoms with Crippen LogP contribution in [0.4, 0.5) is 5.69 Å². The van der Waals surface area contributed by atoms with E-state index in [1.807, 2.05) is 14.1 Å². The maximum Gasteiger partial charge on any atom is 0.376 e. The lowest BCUT2D eigenvalue weighted by atomic mass is 10.1. The largest absolute Gasteiger partial charge is 0.496 e. The van der Waals surface area contributed by atoms with E-state index in [1.165, 1.54) is 7.11 Å². The van der Waals surface area contributed by atoms with Crippen LogP contribution in [0.2, 0.25) is 5.02 Å². The number of anilines is 1. The Labute approximate surface area is 128 Å². The molecule has 1 aromatic carbocycles. The van der Waals surface area contributed by atoms with Crippen LogP contribution in [0.3, 0.4) is 0 Å². The van der Waals surface area contributed by atoms with E-state index >= 15 is 0 Å². The molecule has 0 aliphatic rings. The van der Waals surface area contributed by atoms with E-state index in [-0.39, 0.29) is 5.76 Å². The first-order chi connectivity index (χ1) is 9.97. The van der Waals surface area contributed by atoms with Gasteiger partial charge in [0, 0.05) is 25.2 Å². The van der Waals surface area contributed by atoms with Crippen molar-refractivity contribution in [1.82, 2.24) is 0 Å². The van der Waals surface area contributed by atoms with Crippen LogP contribution in [0, 0.1) is 0 Å². The predicted molar refractivity (Wildman–Crippen MR) is 81.4 cm³/mol. The number of esters is 1. The number of hydrogen-bond acceptors (Lipinski definition) is 5. The van der Waals surface area contributed by atoms with Gasteiger partial charge in [0.05, 0.1) is 25.5 Å². The maximum atomic E-state index is 11.8. The smallest absolute Gasteiger partial charge is 0.376 e. The summed E-state index contributed by atoms with van der Waals surface area (Å²) in [6.07, 6.45) is 0. The van der Waals surface area contributed by atoms with E-state index in [0.717, 1.165) is 0 Å². The van der Waals surface area contributed by atoms with E-state index in [1.54, 1.807) is 36.3 Å². The summed E-state index contributed by atoms with van der Waals surface area (Å²) in [7, 11) is 6.50. The molecule has 0 saturated heterocycles. The topological polar surface area (TPSA) is 51.9 Å². The molecule has 0 saturated carbocycles.